The van der Waals surface area contributed by atoms with Crippen molar-refractivity contribution in [2.75, 3.05) is 25.8 Å². The van der Waals surface area contributed by atoms with Crippen LogP contribution < -0.4 is 21.2 Å². The molecule has 0 aliphatic carbocycles. The summed E-state index contributed by atoms with van der Waals surface area (Å²) < 4.78 is 19.6. The van der Waals surface area contributed by atoms with Gasteiger partial charge in [-0.3, -0.25) is 9.48 Å². The summed E-state index contributed by atoms with van der Waals surface area (Å²) in [5.74, 6) is -0.179. The van der Waals surface area contributed by atoms with E-state index in [9.17, 15) is 9.36 Å². The summed E-state index contributed by atoms with van der Waals surface area (Å²) in [6.45, 7) is 3.35. The largest absolute Gasteiger partial charge is 0.492 e. The first-order chi connectivity index (χ1) is 13.6. The molecule has 0 bridgehead atoms. The number of halogens is 1. The van der Waals surface area contributed by atoms with Gasteiger partial charge in [-0.25, -0.2) is 4.98 Å². The van der Waals surface area contributed by atoms with E-state index in [1.54, 1.807) is 43.4 Å². The Hall–Kier alpha value is -2.97. The van der Waals surface area contributed by atoms with Gasteiger partial charge in [0.25, 0.3) is 5.91 Å². The number of nitrogens with two attached hydrogens (primary N) is 1. The average Bonchev–Trinajstić information content (AvgIpc) is 3.05. The Morgan fingerprint density at radius 2 is 2.10 bits per heavy atom. The number of carbonyl (C=O) groups excluding carboxylic acids is 1. The molecule has 0 aliphatic heterocycles. The first kappa shape index (κ1) is 20.8. The van der Waals surface area contributed by atoms with Crippen molar-refractivity contribution in [2.24, 2.45) is 12.8 Å². The van der Waals surface area contributed by atoms with Crippen molar-refractivity contribution in [1.29, 1.82) is 0 Å². The molecule has 0 atom stereocenters. The third-order valence-electron chi connectivity index (χ3n) is 4.07. The molecule has 29 heavy (non-hydrogen) atoms. The number of methoxy groups -OCH3 is 1. The van der Waals surface area contributed by atoms with Crippen molar-refractivity contribution in [3.8, 4) is 17.0 Å². The van der Waals surface area contributed by atoms with Crippen LogP contribution >= 0.6 is 18.7 Å². The Bertz CT molecular complexity index is 1140. The fraction of sp³-hybridized carbons (Fsp3) is 0.235. The highest BCUT2D eigenvalue weighted by atomic mass is 35.5. The van der Waals surface area contributed by atoms with E-state index in [4.69, 9.17) is 22.1 Å². The zero-order valence-electron chi connectivity index (χ0n) is 16.2. The van der Waals surface area contributed by atoms with Gasteiger partial charge in [-0.05, 0) is 25.5 Å². The lowest BCUT2D eigenvalue weighted by Crippen LogP contribution is -2.16. The number of amides is 1. The minimum Gasteiger partial charge on any atom is -0.492 e. The van der Waals surface area contributed by atoms with Crippen LogP contribution in [0.25, 0.3) is 11.3 Å². The van der Waals surface area contributed by atoms with Gasteiger partial charge in [0.05, 0.1) is 35.1 Å². The number of primary amides is 1. The zero-order chi connectivity index (χ0) is 21.3. The number of rotatable bonds is 6. The van der Waals surface area contributed by atoms with Crippen molar-refractivity contribution < 1.29 is 14.1 Å². The lowest BCUT2D eigenvalue weighted by molar-refractivity contribution is 0.0995. The van der Waals surface area contributed by atoms with Gasteiger partial charge in [0.15, 0.2) is 17.3 Å². The summed E-state index contributed by atoms with van der Waals surface area (Å²) in [5.41, 5.74) is 7.17. The third-order valence-corrected chi connectivity index (χ3v) is 5.88. The van der Waals surface area contributed by atoms with Crippen LogP contribution in [0.1, 0.15) is 10.5 Å². The molecule has 3 aromatic heterocycles. The molecular weight excluding hydrogens is 417 g/mol. The van der Waals surface area contributed by atoms with E-state index in [2.05, 4.69) is 25.6 Å². The third kappa shape index (κ3) is 4.08. The molecule has 0 saturated carbocycles. The second-order valence-corrected chi connectivity index (χ2v) is 10.1. The highest BCUT2D eigenvalue weighted by Gasteiger charge is 2.23. The molecule has 12 heteroatoms. The predicted octanol–water partition coefficient (Wildman–Crippen LogP) is 2.02. The number of aryl methyl sites for hydroxylation is 1. The van der Waals surface area contributed by atoms with Gasteiger partial charge >= 0.3 is 0 Å². The number of anilines is 2. The first-order valence-electron chi connectivity index (χ1n) is 8.34. The Balaban J connectivity index is 2.12. The van der Waals surface area contributed by atoms with Gasteiger partial charge in [0.2, 0.25) is 0 Å². The van der Waals surface area contributed by atoms with Crippen molar-refractivity contribution >= 4 is 41.6 Å². The molecule has 0 aliphatic rings. The van der Waals surface area contributed by atoms with Gasteiger partial charge < -0.3 is 20.4 Å². The van der Waals surface area contributed by atoms with Gasteiger partial charge in [0, 0.05) is 18.8 Å². The summed E-state index contributed by atoms with van der Waals surface area (Å²) in [6.07, 6.45) is 2.82. The molecule has 0 spiro atoms. The maximum absolute atomic E-state index is 12.5. The molecule has 3 rings (SSSR count). The van der Waals surface area contributed by atoms with Gasteiger partial charge in [-0.2, -0.15) is 10.2 Å². The highest BCUT2D eigenvalue weighted by Crippen LogP contribution is 2.39. The first-order valence-corrected chi connectivity index (χ1v) is 11.3. The number of nitrogens with zero attached hydrogens (tertiary/aromatic N) is 5. The van der Waals surface area contributed by atoms with Gasteiger partial charge in [0.1, 0.15) is 7.14 Å². The lowest BCUT2D eigenvalue weighted by Gasteiger charge is -2.14. The molecule has 10 nitrogen and oxygen atoms in total. The Morgan fingerprint density at radius 3 is 2.69 bits per heavy atom. The maximum Gasteiger partial charge on any atom is 0.271 e. The van der Waals surface area contributed by atoms with E-state index in [1.165, 1.54) is 13.3 Å². The Kier molecular flexibility index (Phi) is 5.59. The van der Waals surface area contributed by atoms with Crippen LogP contribution in [0, 0.1) is 0 Å². The number of carbonyl (C=O) groups is 1. The minimum atomic E-state index is -2.53. The second-order valence-electron chi connectivity index (χ2n) is 6.51. The van der Waals surface area contributed by atoms with Crippen LogP contribution in [-0.4, -0.2) is 51.3 Å². The number of ether oxygens (including phenoxy) is 1. The second kappa shape index (κ2) is 7.81. The average molecular weight is 436 g/mol. The van der Waals surface area contributed by atoms with E-state index in [-0.39, 0.29) is 22.2 Å². The Labute approximate surface area is 171 Å². The van der Waals surface area contributed by atoms with Gasteiger partial charge in [-0.1, -0.05) is 11.6 Å². The SMILES string of the molecule is COc1c(-c2cc(P(C)(C)=O)n(C)n2)ccnc1Nc1c(Cl)cnnc1C(N)=O. The van der Waals surface area contributed by atoms with Gasteiger partial charge in [-0.15, -0.1) is 5.10 Å². The summed E-state index contributed by atoms with van der Waals surface area (Å²) in [4.78, 5) is 15.9. The van der Waals surface area contributed by atoms with E-state index in [0.29, 0.717) is 22.4 Å². The highest BCUT2D eigenvalue weighted by molar-refractivity contribution is 7.69. The summed E-state index contributed by atoms with van der Waals surface area (Å²) in [5, 5.41) is 14.9. The van der Waals surface area contributed by atoms with E-state index in [0.717, 1.165) is 0 Å². The molecule has 3 aromatic rings. The standard InChI is InChI=1S/C17H19ClN7O3P/c1-25-12(29(3,4)27)7-11(24-25)9-5-6-20-17(15(9)28-2)22-13-10(18)8-21-23-14(13)16(19)26/h5-8H,1-4H3,(H2,19,26)(H,20,21,22). The predicted molar refractivity (Wildman–Crippen MR) is 111 cm³/mol. The van der Waals surface area contributed by atoms with E-state index >= 15 is 0 Å². The summed E-state index contributed by atoms with van der Waals surface area (Å²) in [7, 11) is 0.677. The topological polar surface area (TPSA) is 138 Å². The lowest BCUT2D eigenvalue weighted by atomic mass is 10.1. The van der Waals surface area contributed by atoms with E-state index in [1.807, 2.05) is 0 Å². The van der Waals surface area contributed by atoms with Crippen molar-refractivity contribution in [3.05, 3.63) is 35.2 Å². The molecule has 3 heterocycles. The normalized spacial score (nSPS) is 11.3. The van der Waals surface area contributed by atoms with Crippen LogP contribution in [0.3, 0.4) is 0 Å². The number of hydrogen-bond donors (Lipinski definition) is 2. The van der Waals surface area contributed by atoms with Crippen LogP contribution in [0.2, 0.25) is 5.02 Å². The summed E-state index contributed by atoms with van der Waals surface area (Å²) >= 11 is 6.16. The minimum absolute atomic E-state index is 0.134. The molecule has 0 unspecified atom stereocenters. The fourth-order valence-corrected chi connectivity index (χ4v) is 4.17. The van der Waals surface area contributed by atoms with E-state index < -0.39 is 13.0 Å². The molecule has 0 saturated heterocycles. The number of nitrogens with one attached hydrogen (secondary N) is 1. The zero-order valence-corrected chi connectivity index (χ0v) is 17.8. The molecule has 0 radical (unpaired) electrons. The van der Waals surface area contributed by atoms with Crippen molar-refractivity contribution in [1.82, 2.24) is 25.0 Å². The monoisotopic (exact) mass is 435 g/mol. The maximum atomic E-state index is 12.5. The number of aromatic nitrogens is 5. The fourth-order valence-electron chi connectivity index (χ4n) is 2.81. The smallest absolute Gasteiger partial charge is 0.271 e. The molecule has 0 fully saturated rings. The van der Waals surface area contributed by atoms with Crippen LogP contribution in [0.15, 0.2) is 24.5 Å². The molecule has 3 N–H and O–H groups in total. The molecular formula is C17H19ClN7O3P. The number of hydrogen-bond acceptors (Lipinski definition) is 8. The van der Waals surface area contributed by atoms with Crippen LogP contribution in [0.4, 0.5) is 11.5 Å². The molecule has 0 aromatic carbocycles. The van der Waals surface area contributed by atoms with Crippen LogP contribution in [-0.2, 0) is 11.6 Å². The number of pyridine rings is 1. The van der Waals surface area contributed by atoms with Crippen molar-refractivity contribution in [3.63, 3.8) is 0 Å². The molecule has 152 valence electrons. The van der Waals surface area contributed by atoms with Crippen molar-refractivity contribution in [2.45, 2.75) is 0 Å². The summed E-state index contributed by atoms with van der Waals surface area (Å²) in [6, 6.07) is 3.46. The quantitative estimate of drug-likeness (QED) is 0.561. The Morgan fingerprint density at radius 1 is 1.38 bits per heavy atom. The molecule has 1 amide bonds. The van der Waals surface area contributed by atoms with Crippen LogP contribution in [0.5, 0.6) is 5.75 Å².